The van der Waals surface area contributed by atoms with Crippen LogP contribution in [-0.2, 0) is 0 Å². The first kappa shape index (κ1) is 5.11. The first-order chi connectivity index (χ1) is 3.93. The second-order valence-corrected chi connectivity index (χ2v) is 1.29. The molecule has 1 heterocycles. The van der Waals surface area contributed by atoms with Crippen LogP contribution in [0.1, 0.15) is 0 Å². The van der Waals surface area contributed by atoms with Crippen molar-refractivity contribution in [1.82, 2.24) is 10.5 Å². The van der Waals surface area contributed by atoms with Crippen LogP contribution in [0.25, 0.3) is 0 Å². The molecule has 0 aromatic carbocycles. The molecule has 0 radical (unpaired) electrons. The molecule has 0 atom stereocenters. The summed E-state index contributed by atoms with van der Waals surface area (Å²) in [5, 5.41) is 13.4. The fourth-order valence-corrected chi connectivity index (χ4v) is 0.402. The maximum absolute atomic E-state index is 8.41. The predicted octanol–water partition coefficient (Wildman–Crippen LogP) is -0.744. The average Bonchev–Trinajstić information content (AvgIpc) is 1.90. The summed E-state index contributed by atoms with van der Waals surface area (Å²) in [6.07, 6.45) is 5.02. The van der Waals surface area contributed by atoms with E-state index < -0.39 is 0 Å². The third kappa shape index (κ3) is 0.974. The maximum Gasteiger partial charge on any atom is 0.153 e. The minimum atomic E-state index is -0.110. The first-order valence-electron chi connectivity index (χ1n) is 2.27. The van der Waals surface area contributed by atoms with Crippen molar-refractivity contribution < 1.29 is 5.11 Å². The Bertz CT molecular complexity index is 120. The highest BCUT2D eigenvalue weighted by atomic mass is 16.3. The monoisotopic (exact) mass is 113 g/mol. The van der Waals surface area contributed by atoms with Crippen molar-refractivity contribution in [2.24, 2.45) is 5.10 Å². The highest BCUT2D eigenvalue weighted by molar-refractivity contribution is 5.70. The zero-order valence-electron chi connectivity index (χ0n) is 4.28. The number of hydrogen-bond donors (Lipinski definition) is 2. The topological polar surface area (TPSA) is 47.9 Å². The average molecular weight is 113 g/mol. The van der Waals surface area contributed by atoms with Gasteiger partial charge in [0.15, 0.2) is 6.73 Å². The van der Waals surface area contributed by atoms with Gasteiger partial charge in [-0.15, -0.1) is 0 Å². The molecule has 0 saturated carbocycles. The van der Waals surface area contributed by atoms with Gasteiger partial charge in [-0.3, -0.25) is 5.43 Å². The highest BCUT2D eigenvalue weighted by Crippen LogP contribution is 1.83. The Morgan fingerprint density at radius 1 is 1.75 bits per heavy atom. The van der Waals surface area contributed by atoms with Crippen molar-refractivity contribution in [3.63, 3.8) is 0 Å². The maximum atomic E-state index is 8.41. The van der Waals surface area contributed by atoms with Gasteiger partial charge in [-0.25, -0.2) is 0 Å². The summed E-state index contributed by atoms with van der Waals surface area (Å²) in [5.41, 5.74) is 2.67. The van der Waals surface area contributed by atoms with E-state index in [4.69, 9.17) is 5.11 Å². The van der Waals surface area contributed by atoms with Crippen molar-refractivity contribution >= 4 is 6.21 Å². The van der Waals surface area contributed by atoms with E-state index >= 15 is 0 Å². The molecule has 44 valence electrons. The van der Waals surface area contributed by atoms with E-state index in [2.05, 4.69) is 10.5 Å². The Morgan fingerprint density at radius 3 is 3.00 bits per heavy atom. The van der Waals surface area contributed by atoms with Gasteiger partial charge in [-0.2, -0.15) is 10.2 Å². The predicted molar refractivity (Wildman–Crippen MR) is 29.7 cm³/mol. The zero-order chi connectivity index (χ0) is 5.82. The smallest absolute Gasteiger partial charge is 0.153 e. The molecule has 0 fully saturated rings. The molecule has 0 aromatic rings. The lowest BCUT2D eigenvalue weighted by Crippen LogP contribution is -2.31. The molecule has 4 heteroatoms. The van der Waals surface area contributed by atoms with Gasteiger partial charge in [0.1, 0.15) is 0 Å². The van der Waals surface area contributed by atoms with Crippen LogP contribution in [0.2, 0.25) is 0 Å². The summed E-state index contributed by atoms with van der Waals surface area (Å²) in [4.78, 5) is 0. The van der Waals surface area contributed by atoms with Gasteiger partial charge < -0.3 is 5.11 Å². The van der Waals surface area contributed by atoms with Gasteiger partial charge >= 0.3 is 0 Å². The van der Waals surface area contributed by atoms with Gasteiger partial charge in [-0.05, 0) is 6.08 Å². The van der Waals surface area contributed by atoms with Crippen LogP contribution in [0.5, 0.6) is 0 Å². The number of rotatable bonds is 1. The molecule has 0 aromatic heterocycles. The lowest BCUT2D eigenvalue weighted by atomic mass is 10.6. The summed E-state index contributed by atoms with van der Waals surface area (Å²) in [5.74, 6) is 0. The molecule has 4 nitrogen and oxygen atoms in total. The van der Waals surface area contributed by atoms with E-state index in [1.54, 1.807) is 18.5 Å². The molecule has 1 rings (SSSR count). The number of aliphatic hydroxyl groups is 1. The second kappa shape index (κ2) is 2.32. The summed E-state index contributed by atoms with van der Waals surface area (Å²) >= 11 is 0. The van der Waals surface area contributed by atoms with Gasteiger partial charge in [-0.1, -0.05) is 0 Å². The van der Waals surface area contributed by atoms with Crippen molar-refractivity contribution in [3.8, 4) is 0 Å². The number of nitrogens with zero attached hydrogens (tertiary/aromatic N) is 2. The van der Waals surface area contributed by atoms with E-state index in [-0.39, 0.29) is 6.73 Å². The minimum absolute atomic E-state index is 0.110. The molecule has 8 heavy (non-hydrogen) atoms. The molecular formula is C4H7N3O. The molecular weight excluding hydrogens is 106 g/mol. The lowest BCUT2D eigenvalue weighted by molar-refractivity contribution is 0.0794. The third-order valence-corrected chi connectivity index (χ3v) is 0.746. The number of hydrogen-bond acceptors (Lipinski definition) is 4. The Balaban J connectivity index is 2.40. The molecule has 0 spiro atoms. The van der Waals surface area contributed by atoms with Crippen LogP contribution in [0.3, 0.4) is 0 Å². The van der Waals surface area contributed by atoms with Gasteiger partial charge in [0.05, 0.1) is 6.21 Å². The number of aliphatic hydroxyl groups excluding tert-OH is 1. The van der Waals surface area contributed by atoms with Crippen LogP contribution in [-0.4, -0.2) is 23.2 Å². The van der Waals surface area contributed by atoms with Crippen molar-refractivity contribution in [2.75, 3.05) is 6.73 Å². The van der Waals surface area contributed by atoms with E-state index in [0.29, 0.717) is 0 Å². The second-order valence-electron chi connectivity index (χ2n) is 1.29. The SMILES string of the molecule is OCN1N=CC=CN1. The normalized spacial score (nSPS) is 16.4. The molecule has 0 bridgehead atoms. The van der Waals surface area contributed by atoms with Crippen LogP contribution in [0, 0.1) is 0 Å². The first-order valence-corrected chi connectivity index (χ1v) is 2.27. The van der Waals surface area contributed by atoms with Crippen LogP contribution < -0.4 is 5.43 Å². The van der Waals surface area contributed by atoms with Crippen molar-refractivity contribution in [3.05, 3.63) is 12.3 Å². The highest BCUT2D eigenvalue weighted by Gasteiger charge is 1.92. The third-order valence-electron chi connectivity index (χ3n) is 0.746. The number of hydrazine groups is 1. The van der Waals surface area contributed by atoms with Gasteiger partial charge in [0.25, 0.3) is 0 Å². The van der Waals surface area contributed by atoms with E-state index in [9.17, 15) is 0 Å². The Kier molecular flexibility index (Phi) is 1.48. The Labute approximate surface area is 47.1 Å². The summed E-state index contributed by atoms with van der Waals surface area (Å²) in [6, 6.07) is 0. The van der Waals surface area contributed by atoms with Crippen molar-refractivity contribution in [2.45, 2.75) is 0 Å². The van der Waals surface area contributed by atoms with Crippen LogP contribution in [0.4, 0.5) is 0 Å². The standard InChI is InChI=1S/C4H7N3O/c8-4-7-5-2-1-3-6-7/h1-3,5,8H,4H2. The summed E-state index contributed by atoms with van der Waals surface area (Å²) in [6.45, 7) is -0.110. The van der Waals surface area contributed by atoms with E-state index in [1.807, 2.05) is 0 Å². The fraction of sp³-hybridized carbons (Fsp3) is 0.250. The lowest BCUT2D eigenvalue weighted by Gasteiger charge is -2.16. The van der Waals surface area contributed by atoms with Crippen LogP contribution in [0.15, 0.2) is 17.4 Å². The molecule has 1 aliphatic rings. The molecule has 1 aliphatic heterocycles. The molecule has 0 aliphatic carbocycles. The Morgan fingerprint density at radius 2 is 2.62 bits per heavy atom. The molecule has 0 saturated heterocycles. The number of allylic oxidation sites excluding steroid dienone is 1. The van der Waals surface area contributed by atoms with Gasteiger partial charge in [0, 0.05) is 6.20 Å². The largest absolute Gasteiger partial charge is 0.373 e. The number of hydrazone groups is 1. The van der Waals surface area contributed by atoms with Crippen molar-refractivity contribution in [1.29, 1.82) is 0 Å². The van der Waals surface area contributed by atoms with Crippen LogP contribution >= 0.6 is 0 Å². The molecule has 0 amide bonds. The van der Waals surface area contributed by atoms with E-state index in [1.165, 1.54) is 5.12 Å². The minimum Gasteiger partial charge on any atom is -0.373 e. The quantitative estimate of drug-likeness (QED) is 0.470. The van der Waals surface area contributed by atoms with Gasteiger partial charge in [0.2, 0.25) is 0 Å². The number of nitrogens with one attached hydrogen (secondary N) is 1. The zero-order valence-corrected chi connectivity index (χ0v) is 4.28. The fourth-order valence-electron chi connectivity index (χ4n) is 0.402. The Hall–Kier alpha value is -1.03. The molecule has 0 unspecified atom stereocenters. The van der Waals surface area contributed by atoms with E-state index in [0.717, 1.165) is 0 Å². The summed E-state index contributed by atoms with van der Waals surface area (Å²) < 4.78 is 0. The molecule has 2 N–H and O–H groups in total. The summed E-state index contributed by atoms with van der Waals surface area (Å²) in [7, 11) is 0.